The first-order valence-corrected chi connectivity index (χ1v) is 4.64. The van der Waals surface area contributed by atoms with Gasteiger partial charge in [0.05, 0.1) is 5.57 Å². The van der Waals surface area contributed by atoms with E-state index in [1.54, 1.807) is 0 Å². The van der Waals surface area contributed by atoms with Crippen molar-refractivity contribution in [2.75, 3.05) is 5.32 Å². The molecule has 17 heavy (non-hydrogen) atoms. The highest BCUT2D eigenvalue weighted by atomic mass is 19.4. The second-order valence-electron chi connectivity index (χ2n) is 3.50. The monoisotopic (exact) mass is 244 g/mol. The van der Waals surface area contributed by atoms with Crippen LogP contribution in [0.15, 0.2) is 23.9 Å². The fourth-order valence-corrected chi connectivity index (χ4v) is 1.46. The Morgan fingerprint density at radius 1 is 1.41 bits per heavy atom. The van der Waals surface area contributed by atoms with Gasteiger partial charge in [0.1, 0.15) is 11.5 Å². The van der Waals surface area contributed by atoms with Crippen LogP contribution in [0.25, 0.3) is 0 Å². The highest BCUT2D eigenvalue weighted by Gasteiger charge is 2.33. The number of fused-ring (bicyclic) bond motifs is 1. The molecule has 1 aliphatic heterocycles. The number of pyridine rings is 1. The maximum absolute atomic E-state index is 12.4. The Hall–Kier alpha value is -2.05. The molecule has 0 unspecified atom stereocenters. The molecule has 7 heteroatoms. The minimum Gasteiger partial charge on any atom is -0.478 e. The number of carboxylic acids is 1. The summed E-state index contributed by atoms with van der Waals surface area (Å²) in [5.74, 6) is -1.06. The first kappa shape index (κ1) is 11.4. The number of aliphatic carboxylic acids is 1. The molecule has 0 bridgehead atoms. The first-order chi connectivity index (χ1) is 7.88. The van der Waals surface area contributed by atoms with Crippen LogP contribution in [0, 0.1) is 0 Å². The number of hydrogen-bond acceptors (Lipinski definition) is 3. The SMILES string of the molecule is O=C(O)C1=CNc2nc(C(F)(F)F)ccc2C1. The molecular formula is C10H7F3N2O2. The van der Waals surface area contributed by atoms with Crippen LogP contribution in [0.3, 0.4) is 0 Å². The number of nitrogens with zero attached hydrogens (tertiary/aromatic N) is 1. The maximum atomic E-state index is 12.4. The predicted octanol–water partition coefficient (Wildman–Crippen LogP) is 2.04. The number of alkyl halides is 3. The molecule has 2 heterocycles. The quantitative estimate of drug-likeness (QED) is 0.793. The van der Waals surface area contributed by atoms with Crippen molar-refractivity contribution in [3.05, 3.63) is 35.2 Å². The Kier molecular flexibility index (Phi) is 2.53. The van der Waals surface area contributed by atoms with Gasteiger partial charge in [0.15, 0.2) is 0 Å². The molecule has 0 aromatic carbocycles. The summed E-state index contributed by atoms with van der Waals surface area (Å²) in [6.45, 7) is 0. The summed E-state index contributed by atoms with van der Waals surface area (Å²) in [5.41, 5.74) is -0.493. The number of rotatable bonds is 1. The lowest BCUT2D eigenvalue weighted by Gasteiger charge is -2.16. The van der Waals surface area contributed by atoms with Gasteiger partial charge in [0.25, 0.3) is 0 Å². The van der Waals surface area contributed by atoms with Crippen molar-refractivity contribution in [3.8, 4) is 0 Å². The van der Waals surface area contributed by atoms with Gasteiger partial charge in [-0.2, -0.15) is 13.2 Å². The Morgan fingerprint density at radius 2 is 2.12 bits per heavy atom. The third-order valence-electron chi connectivity index (χ3n) is 2.31. The van der Waals surface area contributed by atoms with Gasteiger partial charge in [-0.05, 0) is 11.6 Å². The molecule has 1 aliphatic rings. The van der Waals surface area contributed by atoms with E-state index in [1.807, 2.05) is 0 Å². The van der Waals surface area contributed by atoms with Crippen LogP contribution in [-0.4, -0.2) is 16.1 Å². The normalized spacial score (nSPS) is 14.6. The number of carboxylic acid groups (broad SMARTS) is 1. The van der Waals surface area contributed by atoms with Gasteiger partial charge in [0.2, 0.25) is 0 Å². The topological polar surface area (TPSA) is 62.2 Å². The van der Waals surface area contributed by atoms with Crippen molar-refractivity contribution >= 4 is 11.8 Å². The van der Waals surface area contributed by atoms with Crippen LogP contribution in [0.5, 0.6) is 0 Å². The van der Waals surface area contributed by atoms with E-state index in [1.165, 1.54) is 6.07 Å². The molecule has 2 rings (SSSR count). The van der Waals surface area contributed by atoms with E-state index < -0.39 is 17.8 Å². The van der Waals surface area contributed by atoms with Gasteiger partial charge in [-0.3, -0.25) is 0 Å². The number of anilines is 1. The van der Waals surface area contributed by atoms with E-state index >= 15 is 0 Å². The molecule has 1 aromatic rings. The van der Waals surface area contributed by atoms with Crippen molar-refractivity contribution in [1.29, 1.82) is 0 Å². The summed E-state index contributed by atoms with van der Waals surface area (Å²) in [6.07, 6.45) is -3.30. The number of nitrogens with one attached hydrogen (secondary N) is 1. The number of aromatic nitrogens is 1. The first-order valence-electron chi connectivity index (χ1n) is 4.64. The summed E-state index contributed by atoms with van der Waals surface area (Å²) in [4.78, 5) is 14.1. The summed E-state index contributed by atoms with van der Waals surface area (Å²) in [7, 11) is 0. The summed E-state index contributed by atoms with van der Waals surface area (Å²) < 4.78 is 37.1. The molecule has 0 aliphatic carbocycles. The van der Waals surface area contributed by atoms with E-state index in [4.69, 9.17) is 5.11 Å². The number of carbonyl (C=O) groups is 1. The van der Waals surface area contributed by atoms with Crippen LogP contribution in [0.4, 0.5) is 19.0 Å². The minimum absolute atomic E-state index is 0.0461. The van der Waals surface area contributed by atoms with Crippen molar-refractivity contribution in [2.24, 2.45) is 0 Å². The fraction of sp³-hybridized carbons (Fsp3) is 0.200. The number of hydrogen-bond donors (Lipinski definition) is 2. The molecule has 0 saturated heterocycles. The third kappa shape index (κ3) is 2.22. The van der Waals surface area contributed by atoms with Gasteiger partial charge >= 0.3 is 12.1 Å². The zero-order valence-corrected chi connectivity index (χ0v) is 8.38. The van der Waals surface area contributed by atoms with E-state index in [-0.39, 0.29) is 17.8 Å². The van der Waals surface area contributed by atoms with Gasteiger partial charge in [-0.25, -0.2) is 9.78 Å². The molecule has 0 spiro atoms. The Morgan fingerprint density at radius 3 is 2.71 bits per heavy atom. The van der Waals surface area contributed by atoms with E-state index in [0.29, 0.717) is 5.56 Å². The van der Waals surface area contributed by atoms with Crippen LogP contribution in [0.1, 0.15) is 11.3 Å². The van der Waals surface area contributed by atoms with Crippen LogP contribution in [0.2, 0.25) is 0 Å². The lowest BCUT2D eigenvalue weighted by Crippen LogP contribution is -2.16. The molecule has 0 radical (unpaired) electrons. The smallest absolute Gasteiger partial charge is 0.433 e. The Balaban J connectivity index is 2.34. The van der Waals surface area contributed by atoms with Crippen LogP contribution in [-0.2, 0) is 17.4 Å². The lowest BCUT2D eigenvalue weighted by atomic mass is 10.0. The van der Waals surface area contributed by atoms with Crippen molar-refractivity contribution in [1.82, 2.24) is 4.98 Å². The second kappa shape index (κ2) is 3.76. The molecule has 1 aromatic heterocycles. The highest BCUT2D eigenvalue weighted by Crippen LogP contribution is 2.31. The van der Waals surface area contributed by atoms with Gasteiger partial charge in [-0.15, -0.1) is 0 Å². The molecule has 4 nitrogen and oxygen atoms in total. The molecule has 0 atom stereocenters. The zero-order valence-electron chi connectivity index (χ0n) is 8.38. The van der Waals surface area contributed by atoms with Gasteiger partial charge in [0, 0.05) is 12.6 Å². The molecular weight excluding hydrogens is 237 g/mol. The third-order valence-corrected chi connectivity index (χ3v) is 2.31. The minimum atomic E-state index is -4.51. The molecule has 0 fully saturated rings. The van der Waals surface area contributed by atoms with Crippen molar-refractivity contribution in [2.45, 2.75) is 12.6 Å². The van der Waals surface area contributed by atoms with E-state index in [2.05, 4.69) is 10.3 Å². The maximum Gasteiger partial charge on any atom is 0.433 e. The molecule has 0 amide bonds. The standard InChI is InChI=1S/C10H7F3N2O2/c11-10(12,13)7-2-1-5-3-6(9(16)17)4-14-8(5)15-7/h1-2,4H,3H2,(H,14,15)(H,16,17). The van der Waals surface area contributed by atoms with E-state index in [9.17, 15) is 18.0 Å². The molecule has 2 N–H and O–H groups in total. The van der Waals surface area contributed by atoms with Crippen molar-refractivity contribution < 1.29 is 23.1 Å². The summed E-state index contributed by atoms with van der Waals surface area (Å²) in [6, 6.07) is 2.07. The lowest BCUT2D eigenvalue weighted by molar-refractivity contribution is -0.141. The fourth-order valence-electron chi connectivity index (χ4n) is 1.46. The largest absolute Gasteiger partial charge is 0.478 e. The zero-order chi connectivity index (χ0) is 12.6. The van der Waals surface area contributed by atoms with E-state index in [0.717, 1.165) is 12.3 Å². The van der Waals surface area contributed by atoms with Gasteiger partial charge < -0.3 is 10.4 Å². The molecule has 0 saturated carbocycles. The average molecular weight is 244 g/mol. The summed E-state index contributed by atoms with van der Waals surface area (Å²) in [5, 5.41) is 11.2. The second-order valence-corrected chi connectivity index (χ2v) is 3.50. The predicted molar refractivity (Wildman–Crippen MR) is 52.3 cm³/mol. The van der Waals surface area contributed by atoms with Crippen molar-refractivity contribution in [3.63, 3.8) is 0 Å². The number of halogens is 3. The van der Waals surface area contributed by atoms with Crippen LogP contribution >= 0.6 is 0 Å². The van der Waals surface area contributed by atoms with Crippen LogP contribution < -0.4 is 5.32 Å². The molecule has 90 valence electrons. The highest BCUT2D eigenvalue weighted by molar-refractivity contribution is 5.88. The average Bonchev–Trinajstić information content (AvgIpc) is 2.26. The summed E-state index contributed by atoms with van der Waals surface area (Å²) >= 11 is 0. The van der Waals surface area contributed by atoms with Gasteiger partial charge in [-0.1, -0.05) is 6.07 Å². The Bertz CT molecular complexity index is 509. The Labute approximate surface area is 93.8 Å².